The fraction of sp³-hybridized carbons (Fsp3) is 0.769. The van der Waals surface area contributed by atoms with E-state index in [0.29, 0.717) is 30.9 Å². The first-order valence-corrected chi connectivity index (χ1v) is 7.15. The minimum atomic E-state index is -0.376. The average Bonchev–Trinajstić information content (AvgIpc) is 2.78. The monoisotopic (exact) mass is 281 g/mol. The Bertz CT molecular complexity index is 473. The van der Waals surface area contributed by atoms with E-state index >= 15 is 0 Å². The van der Waals surface area contributed by atoms with E-state index in [2.05, 4.69) is 16.8 Å². The van der Waals surface area contributed by atoms with E-state index < -0.39 is 0 Å². The number of hydrogen-bond donors (Lipinski definition) is 1. The van der Waals surface area contributed by atoms with Crippen LogP contribution < -0.4 is 5.73 Å². The number of imidazole rings is 1. The van der Waals surface area contributed by atoms with Crippen molar-refractivity contribution < 1.29 is 4.92 Å². The molecule has 1 aliphatic rings. The van der Waals surface area contributed by atoms with Crippen LogP contribution in [0.25, 0.3) is 0 Å². The van der Waals surface area contributed by atoms with E-state index in [9.17, 15) is 10.1 Å². The summed E-state index contributed by atoms with van der Waals surface area (Å²) >= 11 is 0. The van der Waals surface area contributed by atoms with Gasteiger partial charge < -0.3 is 15.8 Å². The number of rotatable bonds is 5. The van der Waals surface area contributed by atoms with E-state index in [1.165, 1.54) is 19.0 Å². The number of nitrogens with two attached hydrogens (primary N) is 1. The van der Waals surface area contributed by atoms with Gasteiger partial charge in [0.15, 0.2) is 5.82 Å². The summed E-state index contributed by atoms with van der Waals surface area (Å²) in [5.41, 5.74) is 5.87. The van der Waals surface area contributed by atoms with Gasteiger partial charge in [0.1, 0.15) is 12.7 Å². The molecule has 0 radical (unpaired) electrons. The number of aromatic nitrogens is 2. The van der Waals surface area contributed by atoms with Crippen molar-refractivity contribution in [1.82, 2.24) is 14.5 Å². The maximum absolute atomic E-state index is 11.0. The molecular formula is C13H23N5O2. The first kappa shape index (κ1) is 14.9. The minimum Gasteiger partial charge on any atom is -0.358 e. The lowest BCUT2D eigenvalue weighted by atomic mass is 9.91. The van der Waals surface area contributed by atoms with E-state index in [0.717, 1.165) is 13.1 Å². The van der Waals surface area contributed by atoms with Crippen molar-refractivity contribution in [2.24, 2.45) is 11.7 Å². The van der Waals surface area contributed by atoms with Gasteiger partial charge in [-0.1, -0.05) is 6.92 Å². The fourth-order valence-electron chi connectivity index (χ4n) is 3.10. The van der Waals surface area contributed by atoms with Crippen molar-refractivity contribution >= 4 is 5.82 Å². The molecule has 2 N–H and O–H groups in total. The summed E-state index contributed by atoms with van der Waals surface area (Å²) in [6.45, 7) is 7.07. The molecule has 7 nitrogen and oxygen atoms in total. The second kappa shape index (κ2) is 6.32. The maximum Gasteiger partial charge on any atom is 0.342 e. The minimum absolute atomic E-state index is 0.0665. The third-order valence-corrected chi connectivity index (χ3v) is 4.30. The van der Waals surface area contributed by atoms with Crippen LogP contribution in [0, 0.1) is 23.0 Å². The topological polar surface area (TPSA) is 90.2 Å². The summed E-state index contributed by atoms with van der Waals surface area (Å²) in [6.07, 6.45) is 3.71. The molecule has 1 saturated heterocycles. The van der Waals surface area contributed by atoms with Crippen LogP contribution in [0.1, 0.15) is 25.6 Å². The zero-order chi connectivity index (χ0) is 14.7. The number of nitro groups is 1. The molecule has 0 amide bonds. The Morgan fingerprint density at radius 1 is 1.55 bits per heavy atom. The summed E-state index contributed by atoms with van der Waals surface area (Å²) in [7, 11) is 0. The van der Waals surface area contributed by atoms with Gasteiger partial charge in [-0.15, -0.1) is 0 Å². The molecule has 2 rings (SSSR count). The first-order chi connectivity index (χ1) is 9.54. The molecule has 0 bridgehead atoms. The number of aryl methyl sites for hydroxylation is 1. The Balaban J connectivity index is 2.04. The third kappa shape index (κ3) is 2.99. The smallest absolute Gasteiger partial charge is 0.342 e. The number of nitrogens with zero attached hydrogens (tertiary/aromatic N) is 4. The van der Waals surface area contributed by atoms with Gasteiger partial charge in [0.2, 0.25) is 0 Å². The molecule has 7 heteroatoms. The summed E-state index contributed by atoms with van der Waals surface area (Å²) in [5.74, 6) is 1.34. The Hall–Kier alpha value is -1.47. The number of likely N-dealkylation sites (tertiary alicyclic amines) is 1. The molecule has 1 aromatic rings. The van der Waals surface area contributed by atoms with Gasteiger partial charge in [-0.3, -0.25) is 4.90 Å². The average molecular weight is 281 g/mol. The van der Waals surface area contributed by atoms with Gasteiger partial charge in [-0.2, -0.15) is 0 Å². The third-order valence-electron chi connectivity index (χ3n) is 4.30. The highest BCUT2D eigenvalue weighted by Crippen LogP contribution is 2.23. The predicted molar refractivity (Wildman–Crippen MR) is 76.4 cm³/mol. The number of hydrogen-bond acceptors (Lipinski definition) is 5. The van der Waals surface area contributed by atoms with Crippen LogP contribution >= 0.6 is 0 Å². The van der Waals surface area contributed by atoms with Crippen LogP contribution in [0.15, 0.2) is 6.20 Å². The molecule has 0 aliphatic carbocycles. The Kier molecular flexibility index (Phi) is 4.72. The summed E-state index contributed by atoms with van der Waals surface area (Å²) in [6, 6.07) is 0.381. The molecule has 2 atom stereocenters. The largest absolute Gasteiger partial charge is 0.358 e. The van der Waals surface area contributed by atoms with Crippen molar-refractivity contribution in [3.05, 3.63) is 22.1 Å². The van der Waals surface area contributed by atoms with Crippen LogP contribution in [0.3, 0.4) is 0 Å². The van der Waals surface area contributed by atoms with Gasteiger partial charge >= 0.3 is 5.82 Å². The lowest BCUT2D eigenvalue weighted by Crippen LogP contribution is -2.49. The van der Waals surface area contributed by atoms with Crippen molar-refractivity contribution in [2.45, 2.75) is 39.3 Å². The Labute approximate surface area is 118 Å². The highest BCUT2D eigenvalue weighted by atomic mass is 16.6. The van der Waals surface area contributed by atoms with Gasteiger partial charge in [-0.05, 0) is 30.2 Å². The standard InChI is InChI=1S/C13H23N5O2/c1-10-4-3-5-16(12(10)8-14)6-7-17-11(2)15-9-13(17)18(19)20/h9-10,12H,3-8,14H2,1-2H3. The SMILES string of the molecule is Cc1ncc([N+](=O)[O-])n1CCN1CCCC(C)C1CN. The molecule has 1 aromatic heterocycles. The van der Waals surface area contributed by atoms with Crippen molar-refractivity contribution in [3.8, 4) is 0 Å². The zero-order valence-electron chi connectivity index (χ0n) is 12.2. The zero-order valence-corrected chi connectivity index (χ0v) is 12.2. The Morgan fingerprint density at radius 2 is 2.30 bits per heavy atom. The highest BCUT2D eigenvalue weighted by Gasteiger charge is 2.28. The van der Waals surface area contributed by atoms with E-state index in [1.807, 2.05) is 0 Å². The van der Waals surface area contributed by atoms with Crippen molar-refractivity contribution in [2.75, 3.05) is 19.6 Å². The van der Waals surface area contributed by atoms with Gasteiger partial charge in [-0.25, -0.2) is 9.55 Å². The van der Waals surface area contributed by atoms with E-state index in [4.69, 9.17) is 5.73 Å². The summed E-state index contributed by atoms with van der Waals surface area (Å²) < 4.78 is 1.67. The predicted octanol–water partition coefficient (Wildman–Crippen LogP) is 1.16. The lowest BCUT2D eigenvalue weighted by molar-refractivity contribution is -0.392. The molecule has 112 valence electrons. The Morgan fingerprint density at radius 3 is 2.95 bits per heavy atom. The lowest BCUT2D eigenvalue weighted by Gasteiger charge is -2.39. The normalized spacial score (nSPS) is 23.9. The quantitative estimate of drug-likeness (QED) is 0.646. The molecule has 1 fully saturated rings. The molecular weight excluding hydrogens is 258 g/mol. The number of piperidine rings is 1. The second-order valence-electron chi connectivity index (χ2n) is 5.53. The second-order valence-corrected chi connectivity index (χ2v) is 5.53. The van der Waals surface area contributed by atoms with Gasteiger partial charge in [0.05, 0.1) is 0 Å². The van der Waals surface area contributed by atoms with Crippen molar-refractivity contribution in [3.63, 3.8) is 0 Å². The van der Waals surface area contributed by atoms with Crippen LogP contribution in [-0.4, -0.2) is 45.1 Å². The summed E-state index contributed by atoms with van der Waals surface area (Å²) in [5, 5.41) is 11.0. The summed E-state index contributed by atoms with van der Waals surface area (Å²) in [4.78, 5) is 17.0. The molecule has 2 unspecified atom stereocenters. The van der Waals surface area contributed by atoms with Crippen LogP contribution in [0.4, 0.5) is 5.82 Å². The van der Waals surface area contributed by atoms with E-state index in [-0.39, 0.29) is 10.7 Å². The molecule has 0 aromatic carbocycles. The van der Waals surface area contributed by atoms with Crippen LogP contribution in [-0.2, 0) is 6.54 Å². The van der Waals surface area contributed by atoms with Gasteiger partial charge in [0.25, 0.3) is 0 Å². The highest BCUT2D eigenvalue weighted by molar-refractivity contribution is 5.18. The maximum atomic E-state index is 11.0. The van der Waals surface area contributed by atoms with E-state index in [1.54, 1.807) is 11.5 Å². The molecule has 2 heterocycles. The van der Waals surface area contributed by atoms with Crippen molar-refractivity contribution in [1.29, 1.82) is 0 Å². The first-order valence-electron chi connectivity index (χ1n) is 7.15. The molecule has 0 saturated carbocycles. The molecule has 20 heavy (non-hydrogen) atoms. The molecule has 0 spiro atoms. The van der Waals surface area contributed by atoms with Crippen LogP contribution in [0.5, 0.6) is 0 Å². The molecule has 1 aliphatic heterocycles. The fourth-order valence-corrected chi connectivity index (χ4v) is 3.10. The van der Waals surface area contributed by atoms with Crippen LogP contribution in [0.2, 0.25) is 0 Å². The van der Waals surface area contributed by atoms with Gasteiger partial charge in [0, 0.05) is 26.1 Å².